The second kappa shape index (κ2) is 6.69. The molecule has 0 aliphatic heterocycles. The normalized spacial score (nSPS) is 13.7. The third-order valence-electron chi connectivity index (χ3n) is 0.939. The molecule has 0 rings (SSSR count). The average Bonchev–Trinajstić information content (AvgIpc) is 2.13. The Morgan fingerprint density at radius 2 is 1.11 bits per heavy atom. The Morgan fingerprint density at radius 1 is 0.895 bits per heavy atom. The first-order valence-electron chi connectivity index (χ1n) is 3.89. The lowest BCUT2D eigenvalue weighted by Gasteiger charge is -2.22. The van der Waals surface area contributed by atoms with Gasteiger partial charge in [0.2, 0.25) is 0 Å². The van der Waals surface area contributed by atoms with Gasteiger partial charge in [0.15, 0.2) is 20.0 Å². The lowest BCUT2D eigenvalue weighted by molar-refractivity contribution is -0.372. The van der Waals surface area contributed by atoms with E-state index in [4.69, 9.17) is 5.11 Å². The Balaban J connectivity index is 0. The standard InChI is InChI=1S/C2F6NO4S2.C2H7NO/c3-1(4,5)14(10,11)9-15(12,13)2(6,7)8;3-1-2-4/h;4H,1-3H2/q-1;/p+1. The van der Waals surface area contributed by atoms with Crippen LogP contribution in [0.5, 0.6) is 0 Å². The van der Waals surface area contributed by atoms with Crippen LogP contribution in [0, 0.1) is 0 Å². The third-order valence-corrected chi connectivity index (χ3v) is 3.68. The summed E-state index contributed by atoms with van der Waals surface area (Å²) < 4.78 is 109. The highest BCUT2D eigenvalue weighted by Crippen LogP contribution is 2.36. The van der Waals surface area contributed by atoms with E-state index in [9.17, 15) is 43.2 Å². The average molecular weight is 342 g/mol. The number of hydrogen-bond donors (Lipinski definition) is 2. The molecule has 0 aliphatic rings. The van der Waals surface area contributed by atoms with Gasteiger partial charge in [0.1, 0.15) is 0 Å². The maximum Gasteiger partial charge on any atom is 0.480 e. The molecule has 19 heavy (non-hydrogen) atoms. The van der Waals surface area contributed by atoms with Crippen molar-refractivity contribution in [1.29, 1.82) is 0 Å². The number of nitrogens with zero attached hydrogens (tertiary/aromatic N) is 1. The summed E-state index contributed by atoms with van der Waals surface area (Å²) in [6.07, 6.45) is 0. The second-order valence-electron chi connectivity index (χ2n) is 2.49. The highest BCUT2D eigenvalue weighted by atomic mass is 32.3. The molecule has 0 atom stereocenters. The largest absolute Gasteiger partial charge is 0.480 e. The highest BCUT2D eigenvalue weighted by molar-refractivity contribution is 8.13. The topological polar surface area (TPSA) is 130 Å². The SMILES string of the molecule is O=S(=O)([N-]S(=O)(=O)C(F)(F)F)C(F)(F)F.[NH3+]CCO. The molecule has 0 bridgehead atoms. The summed E-state index contributed by atoms with van der Waals surface area (Å²) >= 11 is 0. The minimum absolute atomic E-state index is 0.208. The minimum Gasteiger partial charge on any atom is -0.421 e. The Hall–Kier alpha value is -0.640. The fourth-order valence-electron chi connectivity index (χ4n) is 0.214. The summed E-state index contributed by atoms with van der Waals surface area (Å²) in [5.74, 6) is 0. The molecule has 0 unspecified atom stereocenters. The maximum atomic E-state index is 11.4. The predicted molar refractivity (Wildman–Crippen MR) is 48.1 cm³/mol. The number of aliphatic hydroxyl groups excluding tert-OH is 1. The van der Waals surface area contributed by atoms with Gasteiger partial charge in [-0.05, 0) is 0 Å². The van der Waals surface area contributed by atoms with E-state index in [1.54, 1.807) is 0 Å². The van der Waals surface area contributed by atoms with Crippen molar-refractivity contribution in [2.24, 2.45) is 0 Å². The van der Waals surface area contributed by atoms with E-state index in [2.05, 4.69) is 5.73 Å². The molecule has 4 N–H and O–H groups in total. The number of hydrogen-bond acceptors (Lipinski definition) is 5. The van der Waals surface area contributed by atoms with Crippen LogP contribution in [0.3, 0.4) is 0 Å². The van der Waals surface area contributed by atoms with Crippen molar-refractivity contribution >= 4 is 20.0 Å². The summed E-state index contributed by atoms with van der Waals surface area (Å²) in [6.45, 7) is 0.833. The molecule has 0 aromatic carbocycles. The van der Waals surface area contributed by atoms with Crippen molar-refractivity contribution in [3.8, 4) is 0 Å². The van der Waals surface area contributed by atoms with Crippen molar-refractivity contribution in [2.75, 3.05) is 13.2 Å². The van der Waals surface area contributed by atoms with Crippen LogP contribution in [0.4, 0.5) is 26.3 Å². The number of quaternary nitrogens is 1. The van der Waals surface area contributed by atoms with Crippen molar-refractivity contribution in [3.05, 3.63) is 4.13 Å². The zero-order valence-corrected chi connectivity index (χ0v) is 10.4. The van der Waals surface area contributed by atoms with Crippen LogP contribution in [-0.4, -0.2) is 46.1 Å². The molecule has 0 aliphatic carbocycles. The molecule has 0 fully saturated rings. The molecule has 0 aromatic rings. The molecule has 118 valence electrons. The van der Waals surface area contributed by atoms with Crippen LogP contribution >= 0.6 is 0 Å². The van der Waals surface area contributed by atoms with E-state index >= 15 is 0 Å². The van der Waals surface area contributed by atoms with E-state index in [0.717, 1.165) is 4.13 Å². The lowest BCUT2D eigenvalue weighted by atomic mass is 10.8. The molecular formula is C4H8F6N2O5S2. The minimum atomic E-state index is -6.72. The van der Waals surface area contributed by atoms with E-state index in [1.807, 2.05) is 0 Å². The first-order chi connectivity index (χ1) is 8.12. The fraction of sp³-hybridized carbons (Fsp3) is 1.00. The number of rotatable bonds is 3. The van der Waals surface area contributed by atoms with Gasteiger partial charge >= 0.3 is 11.0 Å². The number of aliphatic hydroxyl groups is 1. The molecule has 0 spiro atoms. The van der Waals surface area contributed by atoms with Crippen LogP contribution < -0.4 is 5.73 Å². The van der Waals surface area contributed by atoms with Crippen molar-refractivity contribution in [3.63, 3.8) is 0 Å². The molecule has 15 heteroatoms. The van der Waals surface area contributed by atoms with Gasteiger partial charge in [-0.3, -0.25) is 0 Å². The summed E-state index contributed by atoms with van der Waals surface area (Å²) in [5, 5.41) is 7.81. The van der Waals surface area contributed by atoms with Crippen LogP contribution in [0.15, 0.2) is 0 Å². The van der Waals surface area contributed by atoms with Crippen LogP contribution in [0.1, 0.15) is 0 Å². The van der Waals surface area contributed by atoms with Crippen LogP contribution in [0.2, 0.25) is 0 Å². The third kappa shape index (κ3) is 6.90. The number of alkyl halides is 6. The van der Waals surface area contributed by atoms with Gasteiger partial charge in [0.25, 0.3) is 0 Å². The van der Waals surface area contributed by atoms with Gasteiger partial charge < -0.3 is 15.0 Å². The summed E-state index contributed by atoms with van der Waals surface area (Å²) in [7, 11) is -13.4. The van der Waals surface area contributed by atoms with Crippen molar-refractivity contribution in [1.82, 2.24) is 0 Å². The second-order valence-corrected chi connectivity index (χ2v) is 5.92. The summed E-state index contributed by atoms with van der Waals surface area (Å²) in [4.78, 5) is 0. The van der Waals surface area contributed by atoms with Gasteiger partial charge in [0, 0.05) is 0 Å². The van der Waals surface area contributed by atoms with Crippen molar-refractivity contribution in [2.45, 2.75) is 11.0 Å². The van der Waals surface area contributed by atoms with Gasteiger partial charge in [-0.1, -0.05) is 0 Å². The smallest absolute Gasteiger partial charge is 0.421 e. The Labute approximate surface area is 103 Å². The van der Waals surface area contributed by atoms with Gasteiger partial charge in [-0.15, -0.1) is 0 Å². The zero-order chi connectivity index (χ0) is 16.1. The summed E-state index contributed by atoms with van der Waals surface area (Å²) in [6, 6.07) is 0. The van der Waals surface area contributed by atoms with Gasteiger partial charge in [-0.2, -0.15) is 26.3 Å². The molecule has 0 aromatic heterocycles. The van der Waals surface area contributed by atoms with Crippen LogP contribution in [-0.2, 0) is 20.0 Å². The lowest BCUT2D eigenvalue weighted by Crippen LogP contribution is -2.51. The fourth-order valence-corrected chi connectivity index (χ4v) is 1.92. The predicted octanol–water partition coefficient (Wildman–Crippen LogP) is -0.720. The van der Waals surface area contributed by atoms with E-state index in [0.29, 0.717) is 6.54 Å². The molecule has 0 heterocycles. The number of halogens is 6. The molecule has 0 saturated heterocycles. The van der Waals surface area contributed by atoms with E-state index < -0.39 is 31.1 Å². The van der Waals surface area contributed by atoms with Crippen LogP contribution in [0.25, 0.3) is 4.13 Å². The molecule has 0 saturated carbocycles. The summed E-state index contributed by atoms with van der Waals surface area (Å²) in [5.41, 5.74) is -9.05. The Bertz CT molecular complexity index is 421. The van der Waals surface area contributed by atoms with Crippen molar-refractivity contribution < 1.29 is 54.0 Å². The highest BCUT2D eigenvalue weighted by Gasteiger charge is 2.46. The first-order valence-corrected chi connectivity index (χ1v) is 6.77. The number of sulfonamides is 2. The van der Waals surface area contributed by atoms with Gasteiger partial charge in [-0.25, -0.2) is 16.8 Å². The maximum absolute atomic E-state index is 11.4. The molecular weight excluding hydrogens is 334 g/mol. The monoisotopic (exact) mass is 342 g/mol. The Morgan fingerprint density at radius 3 is 1.21 bits per heavy atom. The zero-order valence-electron chi connectivity index (χ0n) is 8.73. The quantitative estimate of drug-likeness (QED) is 0.654. The molecule has 0 radical (unpaired) electrons. The first kappa shape index (κ1) is 20.7. The Kier molecular flexibility index (Phi) is 7.28. The van der Waals surface area contributed by atoms with E-state index in [1.165, 1.54) is 0 Å². The molecule has 7 nitrogen and oxygen atoms in total. The van der Waals surface area contributed by atoms with Gasteiger partial charge in [0.05, 0.1) is 13.2 Å². The molecule has 0 amide bonds. The van der Waals surface area contributed by atoms with E-state index in [-0.39, 0.29) is 6.61 Å².